The van der Waals surface area contributed by atoms with Crippen LogP contribution in [-0.2, 0) is 17.6 Å². The molecule has 1 unspecified atom stereocenters. The molecule has 2 aromatic carbocycles. The molecular formula is C27H30FN3OS. The minimum absolute atomic E-state index is 0.0539. The summed E-state index contributed by atoms with van der Waals surface area (Å²) in [6.45, 7) is 5.15. The van der Waals surface area contributed by atoms with Crippen molar-refractivity contribution in [1.29, 1.82) is 0 Å². The maximum atomic E-state index is 14.4. The Labute approximate surface area is 199 Å². The number of thiophene rings is 1. The van der Waals surface area contributed by atoms with E-state index in [0.717, 1.165) is 56.0 Å². The first-order chi connectivity index (χ1) is 16.1. The number of hydrogen-bond donors (Lipinski definition) is 1. The molecule has 1 atom stereocenters. The minimum atomic E-state index is -0.217. The zero-order chi connectivity index (χ0) is 22.8. The molecule has 5 rings (SSSR count). The van der Waals surface area contributed by atoms with Gasteiger partial charge in [-0.2, -0.15) is 0 Å². The second-order valence-electron chi connectivity index (χ2n) is 8.95. The van der Waals surface area contributed by atoms with Crippen LogP contribution in [-0.4, -0.2) is 37.0 Å². The lowest BCUT2D eigenvalue weighted by Crippen LogP contribution is -2.48. The number of carbonyl (C=O) groups excluding carboxylic acids is 1. The zero-order valence-corrected chi connectivity index (χ0v) is 19.8. The van der Waals surface area contributed by atoms with Crippen molar-refractivity contribution >= 4 is 27.9 Å². The lowest BCUT2D eigenvalue weighted by atomic mass is 9.88. The number of piperazine rings is 1. The van der Waals surface area contributed by atoms with Gasteiger partial charge >= 0.3 is 0 Å². The van der Waals surface area contributed by atoms with Crippen LogP contribution in [0, 0.1) is 5.82 Å². The number of fused-ring (bicyclic) bond motifs is 1. The standard InChI is InChI=1S/C27H30FN3OS/c1-19(32)29-27-25(23-12-5-6-13-24(23)33-27)26(20-8-7-9-21(28)18-20)31-16-14-30(15-17-31)22-10-3-2-4-11-22/h2-4,7-11,18,26H,5-6,12-17H2,1H3,(H,29,32). The van der Waals surface area contributed by atoms with Crippen LogP contribution in [0.25, 0.3) is 0 Å². The number of nitrogens with zero attached hydrogens (tertiary/aromatic N) is 2. The quantitative estimate of drug-likeness (QED) is 0.532. The van der Waals surface area contributed by atoms with Gasteiger partial charge in [-0.05, 0) is 61.1 Å². The highest BCUT2D eigenvalue weighted by molar-refractivity contribution is 7.16. The van der Waals surface area contributed by atoms with Crippen LogP contribution in [0.5, 0.6) is 0 Å². The van der Waals surface area contributed by atoms with E-state index in [1.807, 2.05) is 12.1 Å². The normalized spacial score (nSPS) is 17.5. The number of aryl methyl sites for hydroxylation is 1. The Kier molecular flexibility index (Phi) is 6.47. The molecule has 0 radical (unpaired) electrons. The number of amides is 1. The highest BCUT2D eigenvalue weighted by Crippen LogP contribution is 2.45. The molecule has 4 nitrogen and oxygen atoms in total. The molecule has 3 aromatic rings. The molecule has 2 heterocycles. The number of anilines is 2. The van der Waals surface area contributed by atoms with Crippen molar-refractivity contribution in [3.05, 3.63) is 82.0 Å². The molecule has 2 aliphatic rings. The van der Waals surface area contributed by atoms with Crippen molar-refractivity contribution in [3.63, 3.8) is 0 Å². The fraction of sp³-hybridized carbons (Fsp3) is 0.370. The Hall–Kier alpha value is -2.70. The lowest BCUT2D eigenvalue weighted by molar-refractivity contribution is -0.114. The van der Waals surface area contributed by atoms with E-state index in [-0.39, 0.29) is 17.8 Å². The molecule has 0 bridgehead atoms. The van der Waals surface area contributed by atoms with Gasteiger partial charge < -0.3 is 10.2 Å². The monoisotopic (exact) mass is 463 g/mol. The van der Waals surface area contributed by atoms with Gasteiger partial charge in [0.2, 0.25) is 5.91 Å². The largest absolute Gasteiger partial charge is 0.369 e. The average molecular weight is 464 g/mol. The van der Waals surface area contributed by atoms with Crippen LogP contribution in [0.4, 0.5) is 15.1 Å². The Morgan fingerprint density at radius 2 is 1.76 bits per heavy atom. The molecule has 0 spiro atoms. The van der Waals surface area contributed by atoms with Crippen molar-refractivity contribution in [1.82, 2.24) is 4.90 Å². The van der Waals surface area contributed by atoms with Crippen molar-refractivity contribution in [3.8, 4) is 0 Å². The molecule has 1 amide bonds. The first kappa shape index (κ1) is 22.1. The average Bonchev–Trinajstić information content (AvgIpc) is 3.17. The predicted octanol–water partition coefficient (Wildman–Crippen LogP) is 5.64. The predicted molar refractivity (Wildman–Crippen MR) is 134 cm³/mol. The number of para-hydroxylation sites is 1. The summed E-state index contributed by atoms with van der Waals surface area (Å²) in [5.74, 6) is -0.271. The van der Waals surface area contributed by atoms with E-state index in [4.69, 9.17) is 0 Å². The van der Waals surface area contributed by atoms with E-state index < -0.39 is 0 Å². The maximum Gasteiger partial charge on any atom is 0.221 e. The number of nitrogens with one attached hydrogen (secondary N) is 1. The van der Waals surface area contributed by atoms with Crippen LogP contribution >= 0.6 is 11.3 Å². The van der Waals surface area contributed by atoms with Gasteiger partial charge in [0.15, 0.2) is 0 Å². The topological polar surface area (TPSA) is 35.6 Å². The van der Waals surface area contributed by atoms with E-state index in [1.54, 1.807) is 30.4 Å². The van der Waals surface area contributed by atoms with Crippen molar-refractivity contribution in [2.75, 3.05) is 36.4 Å². The number of hydrogen-bond acceptors (Lipinski definition) is 4. The number of rotatable bonds is 5. The molecule has 1 aromatic heterocycles. The fourth-order valence-corrected chi connectivity index (χ4v) is 6.61. The van der Waals surface area contributed by atoms with Crippen molar-refractivity contribution in [2.24, 2.45) is 0 Å². The molecular weight excluding hydrogens is 433 g/mol. The molecule has 0 saturated carbocycles. The number of benzene rings is 2. The van der Waals surface area contributed by atoms with Crippen LogP contribution in [0.1, 0.15) is 47.4 Å². The SMILES string of the molecule is CC(=O)Nc1sc2c(c1C(c1cccc(F)c1)N1CCN(c3ccccc3)CC1)CCCC2. The Balaban J connectivity index is 1.53. The molecule has 172 valence electrons. The third-order valence-electron chi connectivity index (χ3n) is 6.74. The van der Waals surface area contributed by atoms with E-state index in [2.05, 4.69) is 39.4 Å². The van der Waals surface area contributed by atoms with Gasteiger partial charge in [-0.25, -0.2) is 4.39 Å². The third-order valence-corrected chi connectivity index (χ3v) is 7.96. The summed E-state index contributed by atoms with van der Waals surface area (Å²) in [7, 11) is 0. The summed E-state index contributed by atoms with van der Waals surface area (Å²) in [6, 6.07) is 17.4. The molecule has 1 saturated heterocycles. The van der Waals surface area contributed by atoms with Crippen LogP contribution < -0.4 is 10.2 Å². The van der Waals surface area contributed by atoms with Gasteiger partial charge in [-0.1, -0.05) is 30.3 Å². The number of halogens is 1. The minimum Gasteiger partial charge on any atom is -0.369 e. The lowest BCUT2D eigenvalue weighted by Gasteiger charge is -2.41. The smallest absolute Gasteiger partial charge is 0.221 e. The summed E-state index contributed by atoms with van der Waals surface area (Å²) in [5.41, 5.74) is 4.76. The Morgan fingerprint density at radius 1 is 1.00 bits per heavy atom. The first-order valence-electron chi connectivity index (χ1n) is 11.8. The Bertz CT molecular complexity index is 1120. The third kappa shape index (κ3) is 4.68. The highest BCUT2D eigenvalue weighted by Gasteiger charge is 2.33. The van der Waals surface area contributed by atoms with Crippen molar-refractivity contribution < 1.29 is 9.18 Å². The van der Waals surface area contributed by atoms with Gasteiger partial charge in [0.25, 0.3) is 0 Å². The van der Waals surface area contributed by atoms with E-state index in [1.165, 1.54) is 34.2 Å². The van der Waals surface area contributed by atoms with Crippen LogP contribution in [0.15, 0.2) is 54.6 Å². The van der Waals surface area contributed by atoms with E-state index in [9.17, 15) is 9.18 Å². The summed E-state index contributed by atoms with van der Waals surface area (Å²) < 4.78 is 14.4. The van der Waals surface area contributed by atoms with E-state index in [0.29, 0.717) is 0 Å². The molecule has 1 aliphatic heterocycles. The summed E-state index contributed by atoms with van der Waals surface area (Å²) in [4.78, 5) is 18.3. The van der Waals surface area contributed by atoms with Gasteiger partial charge in [-0.15, -0.1) is 11.3 Å². The van der Waals surface area contributed by atoms with E-state index >= 15 is 0 Å². The second-order valence-corrected chi connectivity index (χ2v) is 10.1. The fourth-order valence-electron chi connectivity index (χ4n) is 5.25. The first-order valence-corrected chi connectivity index (χ1v) is 12.6. The van der Waals surface area contributed by atoms with Crippen molar-refractivity contribution in [2.45, 2.75) is 38.6 Å². The van der Waals surface area contributed by atoms with Crippen LogP contribution in [0.3, 0.4) is 0 Å². The Morgan fingerprint density at radius 3 is 2.48 bits per heavy atom. The molecule has 33 heavy (non-hydrogen) atoms. The second kappa shape index (κ2) is 9.65. The summed E-state index contributed by atoms with van der Waals surface area (Å²) in [5, 5.41) is 4.06. The molecule has 1 fully saturated rings. The maximum absolute atomic E-state index is 14.4. The van der Waals surface area contributed by atoms with Gasteiger partial charge in [0.05, 0.1) is 6.04 Å². The highest BCUT2D eigenvalue weighted by atomic mass is 32.1. The summed E-state index contributed by atoms with van der Waals surface area (Å²) in [6.07, 6.45) is 4.43. The van der Waals surface area contributed by atoms with Crippen LogP contribution in [0.2, 0.25) is 0 Å². The molecule has 1 N–H and O–H groups in total. The number of carbonyl (C=O) groups is 1. The zero-order valence-electron chi connectivity index (χ0n) is 19.0. The summed E-state index contributed by atoms with van der Waals surface area (Å²) >= 11 is 1.72. The van der Waals surface area contributed by atoms with Gasteiger partial charge in [-0.3, -0.25) is 9.69 Å². The molecule has 6 heteroatoms. The molecule has 1 aliphatic carbocycles. The van der Waals surface area contributed by atoms with Gasteiger partial charge in [0.1, 0.15) is 10.8 Å². The van der Waals surface area contributed by atoms with Gasteiger partial charge in [0, 0.05) is 49.2 Å².